The first-order valence-electron chi connectivity index (χ1n) is 8.30. The Morgan fingerprint density at radius 1 is 1.08 bits per heavy atom. The van der Waals surface area contributed by atoms with Crippen molar-refractivity contribution in [1.29, 1.82) is 0 Å². The summed E-state index contributed by atoms with van der Waals surface area (Å²) in [5.41, 5.74) is 5.87. The summed E-state index contributed by atoms with van der Waals surface area (Å²) >= 11 is 0. The molecule has 26 heavy (non-hydrogen) atoms. The van der Waals surface area contributed by atoms with E-state index in [1.54, 1.807) is 0 Å². The molecule has 1 aromatic carbocycles. The minimum absolute atomic E-state index is 0.0942. The number of amides is 1. The molecule has 0 radical (unpaired) electrons. The number of nitro groups is 1. The number of carbonyl (C=O) groups excluding carboxylic acids is 1. The van der Waals surface area contributed by atoms with Gasteiger partial charge in [0.05, 0.1) is 11.1 Å². The van der Waals surface area contributed by atoms with Gasteiger partial charge in [0.1, 0.15) is 6.54 Å². The lowest BCUT2D eigenvalue weighted by Gasteiger charge is -2.19. The summed E-state index contributed by atoms with van der Waals surface area (Å²) in [5, 5.41) is 13.7. The SMILES string of the molecule is Cc1c(C)c(C)c(CNC(=O)Cn2ccc(=O)c([N+](=O)[O-])c2)c(C)c1C. The third-order valence-electron chi connectivity index (χ3n) is 5.10. The molecule has 0 aliphatic heterocycles. The van der Waals surface area contributed by atoms with E-state index in [1.165, 1.54) is 27.5 Å². The van der Waals surface area contributed by atoms with Crippen LogP contribution in [0, 0.1) is 44.7 Å². The van der Waals surface area contributed by atoms with Gasteiger partial charge in [-0.3, -0.25) is 19.7 Å². The van der Waals surface area contributed by atoms with Crippen LogP contribution >= 0.6 is 0 Å². The number of carbonyl (C=O) groups is 1. The van der Waals surface area contributed by atoms with Gasteiger partial charge in [0, 0.05) is 18.8 Å². The summed E-state index contributed by atoms with van der Waals surface area (Å²) in [5.74, 6) is -0.280. The lowest BCUT2D eigenvalue weighted by atomic mass is 9.89. The molecule has 2 rings (SSSR count). The Morgan fingerprint density at radius 3 is 2.15 bits per heavy atom. The standard InChI is InChI=1S/C19H23N3O4/c1-11-12(2)14(4)16(15(5)13(11)3)8-20-19(24)10-21-7-6-18(23)17(9-21)22(25)26/h6-7,9H,8,10H2,1-5H3,(H,20,24). The fourth-order valence-corrected chi connectivity index (χ4v) is 3.00. The van der Waals surface area contributed by atoms with Crippen LogP contribution in [0.2, 0.25) is 0 Å². The van der Waals surface area contributed by atoms with Crippen molar-refractivity contribution in [3.63, 3.8) is 0 Å². The highest BCUT2D eigenvalue weighted by Crippen LogP contribution is 2.25. The molecule has 0 atom stereocenters. The molecule has 138 valence electrons. The van der Waals surface area contributed by atoms with Crippen molar-refractivity contribution in [2.24, 2.45) is 0 Å². The summed E-state index contributed by atoms with van der Waals surface area (Å²) in [4.78, 5) is 33.7. The Bertz CT molecular complexity index is 916. The summed E-state index contributed by atoms with van der Waals surface area (Å²) < 4.78 is 1.33. The van der Waals surface area contributed by atoms with E-state index < -0.39 is 16.0 Å². The topological polar surface area (TPSA) is 94.2 Å². The molecule has 2 aromatic rings. The smallest absolute Gasteiger partial charge is 0.332 e. The first kappa shape index (κ1) is 19.4. The molecule has 7 nitrogen and oxygen atoms in total. The van der Waals surface area contributed by atoms with Crippen LogP contribution in [-0.4, -0.2) is 15.4 Å². The summed E-state index contributed by atoms with van der Waals surface area (Å²) in [6, 6.07) is 1.09. The maximum atomic E-state index is 12.2. The fourth-order valence-electron chi connectivity index (χ4n) is 3.00. The van der Waals surface area contributed by atoms with Gasteiger partial charge in [-0.25, -0.2) is 0 Å². The van der Waals surface area contributed by atoms with Crippen LogP contribution in [-0.2, 0) is 17.9 Å². The van der Waals surface area contributed by atoms with E-state index in [4.69, 9.17) is 0 Å². The molecule has 0 spiro atoms. The van der Waals surface area contributed by atoms with E-state index in [2.05, 4.69) is 26.1 Å². The van der Waals surface area contributed by atoms with E-state index in [1.807, 2.05) is 13.8 Å². The fraction of sp³-hybridized carbons (Fsp3) is 0.368. The Labute approximate surface area is 151 Å². The van der Waals surface area contributed by atoms with Gasteiger partial charge in [0.25, 0.3) is 5.43 Å². The van der Waals surface area contributed by atoms with Gasteiger partial charge in [0.2, 0.25) is 5.91 Å². The number of hydrogen-bond acceptors (Lipinski definition) is 4. The van der Waals surface area contributed by atoms with E-state index in [-0.39, 0.29) is 12.5 Å². The molecular formula is C19H23N3O4. The molecule has 0 aliphatic carbocycles. The molecule has 0 unspecified atom stereocenters. The maximum absolute atomic E-state index is 12.2. The maximum Gasteiger partial charge on any atom is 0.332 e. The lowest BCUT2D eigenvalue weighted by Crippen LogP contribution is -2.28. The Kier molecular flexibility index (Phi) is 5.59. The highest BCUT2D eigenvalue weighted by Gasteiger charge is 2.15. The molecular weight excluding hydrogens is 334 g/mol. The van der Waals surface area contributed by atoms with Gasteiger partial charge in [-0.05, 0) is 68.0 Å². The van der Waals surface area contributed by atoms with Crippen molar-refractivity contribution in [1.82, 2.24) is 9.88 Å². The van der Waals surface area contributed by atoms with Gasteiger partial charge in [0.15, 0.2) is 0 Å². The van der Waals surface area contributed by atoms with Crippen molar-refractivity contribution in [3.05, 3.63) is 72.2 Å². The number of nitrogens with one attached hydrogen (secondary N) is 1. The second-order valence-electron chi connectivity index (χ2n) is 6.50. The predicted octanol–water partition coefficient (Wildman–Crippen LogP) is 2.62. The third kappa shape index (κ3) is 3.82. The van der Waals surface area contributed by atoms with E-state index in [0.29, 0.717) is 6.54 Å². The Balaban J connectivity index is 2.15. The van der Waals surface area contributed by atoms with Crippen LogP contribution in [0.15, 0.2) is 23.3 Å². The Morgan fingerprint density at radius 2 is 1.62 bits per heavy atom. The van der Waals surface area contributed by atoms with E-state index in [0.717, 1.165) is 29.0 Å². The van der Waals surface area contributed by atoms with Gasteiger partial charge < -0.3 is 9.88 Å². The van der Waals surface area contributed by atoms with Crippen LogP contribution in [0.5, 0.6) is 0 Å². The number of rotatable bonds is 5. The molecule has 1 heterocycles. The van der Waals surface area contributed by atoms with Gasteiger partial charge >= 0.3 is 5.69 Å². The summed E-state index contributed by atoms with van der Waals surface area (Å²) in [7, 11) is 0. The number of pyridine rings is 1. The van der Waals surface area contributed by atoms with Gasteiger partial charge in [-0.2, -0.15) is 0 Å². The van der Waals surface area contributed by atoms with Crippen LogP contribution in [0.4, 0.5) is 5.69 Å². The second kappa shape index (κ2) is 7.51. The zero-order valence-corrected chi connectivity index (χ0v) is 15.7. The highest BCUT2D eigenvalue weighted by molar-refractivity contribution is 5.76. The molecule has 0 bridgehead atoms. The molecule has 0 aliphatic rings. The molecule has 0 saturated heterocycles. The minimum Gasteiger partial charge on any atom is -0.350 e. The molecule has 1 amide bonds. The Hall–Kier alpha value is -2.96. The number of benzene rings is 1. The lowest BCUT2D eigenvalue weighted by molar-refractivity contribution is -0.386. The summed E-state index contributed by atoms with van der Waals surface area (Å²) in [6.07, 6.45) is 2.45. The molecule has 7 heteroatoms. The van der Waals surface area contributed by atoms with Crippen molar-refractivity contribution >= 4 is 11.6 Å². The van der Waals surface area contributed by atoms with E-state index in [9.17, 15) is 19.7 Å². The molecule has 0 saturated carbocycles. The van der Waals surface area contributed by atoms with Crippen molar-refractivity contribution in [3.8, 4) is 0 Å². The van der Waals surface area contributed by atoms with Crippen LogP contribution in [0.3, 0.4) is 0 Å². The molecule has 1 N–H and O–H groups in total. The average molecular weight is 357 g/mol. The zero-order chi connectivity index (χ0) is 19.6. The molecule has 1 aromatic heterocycles. The first-order chi connectivity index (χ1) is 12.1. The number of hydrogen-bond donors (Lipinski definition) is 1. The average Bonchev–Trinajstić information content (AvgIpc) is 2.59. The van der Waals surface area contributed by atoms with Crippen LogP contribution < -0.4 is 10.7 Å². The highest BCUT2D eigenvalue weighted by atomic mass is 16.6. The third-order valence-corrected chi connectivity index (χ3v) is 5.10. The van der Waals surface area contributed by atoms with Crippen molar-refractivity contribution in [2.75, 3.05) is 0 Å². The number of aromatic nitrogens is 1. The normalized spacial score (nSPS) is 10.7. The second-order valence-corrected chi connectivity index (χ2v) is 6.50. The van der Waals surface area contributed by atoms with Crippen LogP contribution in [0.1, 0.15) is 33.4 Å². The monoisotopic (exact) mass is 357 g/mol. The van der Waals surface area contributed by atoms with Crippen LogP contribution in [0.25, 0.3) is 0 Å². The van der Waals surface area contributed by atoms with E-state index >= 15 is 0 Å². The van der Waals surface area contributed by atoms with Crippen molar-refractivity contribution in [2.45, 2.75) is 47.7 Å². The van der Waals surface area contributed by atoms with Crippen molar-refractivity contribution < 1.29 is 9.72 Å². The number of nitrogens with zero attached hydrogens (tertiary/aromatic N) is 2. The minimum atomic E-state index is -0.749. The summed E-state index contributed by atoms with van der Waals surface area (Å²) in [6.45, 7) is 10.6. The quantitative estimate of drug-likeness (QED) is 0.657. The molecule has 0 fully saturated rings. The predicted molar refractivity (Wildman–Crippen MR) is 99.3 cm³/mol. The van der Waals surface area contributed by atoms with Gasteiger partial charge in [-0.15, -0.1) is 0 Å². The first-order valence-corrected chi connectivity index (χ1v) is 8.30. The zero-order valence-electron chi connectivity index (χ0n) is 15.7. The largest absolute Gasteiger partial charge is 0.350 e. The van der Waals surface area contributed by atoms with Gasteiger partial charge in [-0.1, -0.05) is 0 Å².